The van der Waals surface area contributed by atoms with Gasteiger partial charge < -0.3 is 19.7 Å². The molecular weight excluding hydrogens is 430 g/mol. The number of nitrogens with zero attached hydrogens (tertiary/aromatic N) is 2. The Hall–Kier alpha value is -2.78. The van der Waals surface area contributed by atoms with Crippen molar-refractivity contribution >= 4 is 44.1 Å². The second-order valence-electron chi connectivity index (χ2n) is 7.72. The van der Waals surface area contributed by atoms with Crippen LogP contribution >= 0.6 is 11.6 Å². The van der Waals surface area contributed by atoms with Crippen molar-refractivity contribution in [2.45, 2.75) is 11.2 Å². The number of sulfone groups is 1. The summed E-state index contributed by atoms with van der Waals surface area (Å²) in [4.78, 5) is 20.9. The third-order valence-corrected chi connectivity index (χ3v) is 8.93. The number of rotatable bonds is 4. The summed E-state index contributed by atoms with van der Waals surface area (Å²) in [5, 5.41) is 10.4. The first-order valence-electron chi connectivity index (χ1n) is 9.31. The van der Waals surface area contributed by atoms with Crippen molar-refractivity contribution in [3.63, 3.8) is 0 Å². The molecule has 10 heteroatoms. The Morgan fingerprint density at radius 3 is 2.67 bits per heavy atom. The number of aromatic nitrogens is 2. The highest BCUT2D eigenvalue weighted by Gasteiger charge is 2.59. The smallest absolute Gasteiger partial charge is 0.337 e. The Labute approximate surface area is 177 Å². The molecule has 0 atom stereocenters. The molecule has 1 spiro atoms. The quantitative estimate of drug-likeness (QED) is 0.632. The molecule has 5 rings (SSSR count). The summed E-state index contributed by atoms with van der Waals surface area (Å²) in [5.74, 6) is 0.189. The molecule has 2 saturated heterocycles. The van der Waals surface area contributed by atoms with Crippen LogP contribution in [0, 0.1) is 0 Å². The average molecular weight is 448 g/mol. The van der Waals surface area contributed by atoms with E-state index >= 15 is 0 Å². The summed E-state index contributed by atoms with van der Waals surface area (Å²) in [5.41, 5.74) is 2.00. The number of carboxylic acid groups (broad SMARTS) is 1. The topological polar surface area (TPSA) is 113 Å². The molecule has 2 N–H and O–H groups in total. The second kappa shape index (κ2) is 6.36. The molecule has 8 nitrogen and oxygen atoms in total. The Bertz CT molecular complexity index is 1310. The predicted octanol–water partition coefficient (Wildman–Crippen LogP) is 2.97. The lowest BCUT2D eigenvalue weighted by Crippen LogP contribution is -2.72. The van der Waals surface area contributed by atoms with E-state index in [2.05, 4.69) is 9.97 Å². The molecule has 4 heterocycles. The number of aromatic carboxylic acids is 1. The lowest BCUT2D eigenvalue weighted by molar-refractivity contribution is 0.0699. The molecule has 2 aliphatic rings. The van der Waals surface area contributed by atoms with Crippen molar-refractivity contribution in [1.82, 2.24) is 9.97 Å². The number of benzene rings is 1. The number of ether oxygens (including phenoxy) is 1. The molecular formula is C20H18ClN3O5S. The fraction of sp³-hybridized carbons (Fsp3) is 0.300. The van der Waals surface area contributed by atoms with Gasteiger partial charge in [0.25, 0.3) is 0 Å². The number of aromatic amines is 1. The monoisotopic (exact) mass is 447 g/mol. The van der Waals surface area contributed by atoms with E-state index in [4.69, 9.17) is 16.3 Å². The number of carboxylic acids is 1. The summed E-state index contributed by atoms with van der Waals surface area (Å²) in [6, 6.07) is 6.98. The summed E-state index contributed by atoms with van der Waals surface area (Å²) in [7, 11) is -1.50. The third kappa shape index (κ3) is 2.61. The minimum Gasteiger partial charge on any atom is -0.480 e. The third-order valence-electron chi connectivity index (χ3n) is 6.10. The number of H-pyrrole nitrogens is 1. The van der Waals surface area contributed by atoms with Crippen LogP contribution in [0.15, 0.2) is 30.5 Å². The zero-order chi connectivity index (χ0) is 21.3. The molecule has 3 aromatic rings. The highest BCUT2D eigenvalue weighted by molar-refractivity contribution is 7.94. The van der Waals surface area contributed by atoms with E-state index in [0.717, 1.165) is 0 Å². The molecule has 0 saturated carbocycles. The summed E-state index contributed by atoms with van der Waals surface area (Å²) in [6.07, 6.45) is 2.12. The van der Waals surface area contributed by atoms with Gasteiger partial charge in [-0.1, -0.05) is 11.6 Å². The standard InChI is InChI=1S/C20H18ClN3O5S/c1-29-18-11(12-6-13-14(19(25)26)8-22-16(13)7-15(12)21)2-3-17(23-18)24-9-20(10-24)4-5-30(20,27)28/h2-3,6-8,22H,4-5,9-10H2,1H3,(H,25,26). The maximum Gasteiger partial charge on any atom is 0.337 e. The number of anilines is 1. The Balaban J connectivity index is 1.52. The Morgan fingerprint density at radius 1 is 1.30 bits per heavy atom. The van der Waals surface area contributed by atoms with E-state index in [1.165, 1.54) is 13.3 Å². The van der Waals surface area contributed by atoms with E-state index in [-0.39, 0.29) is 11.3 Å². The molecule has 0 amide bonds. The number of fused-ring (bicyclic) bond motifs is 1. The van der Waals surface area contributed by atoms with Crippen molar-refractivity contribution < 1.29 is 23.1 Å². The second-order valence-corrected chi connectivity index (χ2v) is 10.6. The van der Waals surface area contributed by atoms with Crippen molar-refractivity contribution in [2.75, 3.05) is 30.9 Å². The molecule has 30 heavy (non-hydrogen) atoms. The van der Waals surface area contributed by atoms with Crippen molar-refractivity contribution in [1.29, 1.82) is 0 Å². The van der Waals surface area contributed by atoms with Crippen LogP contribution in [-0.2, 0) is 9.84 Å². The van der Waals surface area contributed by atoms with E-state index in [1.807, 2.05) is 11.0 Å². The Morgan fingerprint density at radius 2 is 2.07 bits per heavy atom. The molecule has 0 bridgehead atoms. The van der Waals surface area contributed by atoms with Crippen LogP contribution in [0.2, 0.25) is 5.02 Å². The number of hydrogen-bond acceptors (Lipinski definition) is 6. The first kappa shape index (κ1) is 19.2. The van der Waals surface area contributed by atoms with Gasteiger partial charge in [-0.15, -0.1) is 0 Å². The highest BCUT2D eigenvalue weighted by atomic mass is 35.5. The normalized spacial score (nSPS) is 18.8. The van der Waals surface area contributed by atoms with E-state index < -0.39 is 20.6 Å². The van der Waals surface area contributed by atoms with Crippen LogP contribution in [0.3, 0.4) is 0 Å². The van der Waals surface area contributed by atoms with E-state index in [1.54, 1.807) is 18.2 Å². The van der Waals surface area contributed by atoms with Crippen molar-refractivity contribution in [2.24, 2.45) is 0 Å². The van der Waals surface area contributed by atoms with Gasteiger partial charge in [-0.05, 0) is 30.7 Å². The van der Waals surface area contributed by atoms with Crippen molar-refractivity contribution in [3.8, 4) is 17.0 Å². The largest absolute Gasteiger partial charge is 0.480 e. The minimum absolute atomic E-state index is 0.152. The van der Waals surface area contributed by atoms with Gasteiger partial charge in [0, 0.05) is 41.3 Å². The fourth-order valence-electron chi connectivity index (χ4n) is 4.22. The highest BCUT2D eigenvalue weighted by Crippen LogP contribution is 2.44. The summed E-state index contributed by atoms with van der Waals surface area (Å²) >= 11 is 6.46. The van der Waals surface area contributed by atoms with E-state index in [9.17, 15) is 18.3 Å². The van der Waals surface area contributed by atoms with Crippen LogP contribution < -0.4 is 9.64 Å². The molecule has 156 valence electrons. The molecule has 2 aromatic heterocycles. The van der Waals surface area contributed by atoms with Gasteiger partial charge in [0.15, 0.2) is 9.84 Å². The van der Waals surface area contributed by atoms with Gasteiger partial charge in [-0.3, -0.25) is 0 Å². The zero-order valence-corrected chi connectivity index (χ0v) is 17.5. The Kier molecular flexibility index (Phi) is 4.07. The zero-order valence-electron chi connectivity index (χ0n) is 16.0. The van der Waals surface area contributed by atoms with Crippen LogP contribution in [0.25, 0.3) is 22.0 Å². The first-order valence-corrected chi connectivity index (χ1v) is 11.3. The van der Waals surface area contributed by atoms with Crippen LogP contribution in [0.4, 0.5) is 5.82 Å². The number of carbonyl (C=O) groups is 1. The maximum atomic E-state index is 12.0. The first-order chi connectivity index (χ1) is 14.2. The van der Waals surface area contributed by atoms with Gasteiger partial charge in [-0.2, -0.15) is 4.98 Å². The lowest BCUT2D eigenvalue weighted by Gasteiger charge is -2.54. The van der Waals surface area contributed by atoms with Crippen LogP contribution in [-0.4, -0.2) is 60.2 Å². The average Bonchev–Trinajstić information content (AvgIpc) is 3.08. The molecule has 2 aliphatic heterocycles. The minimum atomic E-state index is -2.99. The van der Waals surface area contributed by atoms with Crippen LogP contribution in [0.1, 0.15) is 16.8 Å². The van der Waals surface area contributed by atoms with Crippen molar-refractivity contribution in [3.05, 3.63) is 41.0 Å². The van der Waals surface area contributed by atoms with Crippen LogP contribution in [0.5, 0.6) is 5.88 Å². The summed E-state index contributed by atoms with van der Waals surface area (Å²) < 4.78 is 28.9. The maximum absolute atomic E-state index is 12.0. The lowest BCUT2D eigenvalue weighted by atomic mass is 9.94. The number of hydrogen-bond donors (Lipinski definition) is 2. The molecule has 2 fully saturated rings. The van der Waals surface area contributed by atoms with Gasteiger partial charge in [0.2, 0.25) is 5.88 Å². The molecule has 1 aromatic carbocycles. The molecule has 0 aliphatic carbocycles. The number of nitrogens with one attached hydrogen (secondary N) is 1. The predicted molar refractivity (Wildman–Crippen MR) is 113 cm³/mol. The number of methoxy groups -OCH3 is 1. The fourth-order valence-corrected chi connectivity index (χ4v) is 6.30. The number of pyridine rings is 1. The SMILES string of the molecule is COc1nc(N2CC3(CCS3(=O)=O)C2)ccc1-c1cc2c(C(=O)O)c[nH]c2cc1Cl. The number of halogens is 1. The van der Waals surface area contributed by atoms with Gasteiger partial charge in [0.1, 0.15) is 10.6 Å². The summed E-state index contributed by atoms with van der Waals surface area (Å²) in [6.45, 7) is 0.867. The van der Waals surface area contributed by atoms with Gasteiger partial charge >= 0.3 is 5.97 Å². The molecule has 0 unspecified atom stereocenters. The van der Waals surface area contributed by atoms with Gasteiger partial charge in [-0.25, -0.2) is 13.2 Å². The molecule has 0 radical (unpaired) electrons. The van der Waals surface area contributed by atoms with Gasteiger partial charge in [0.05, 0.1) is 23.4 Å². The van der Waals surface area contributed by atoms with E-state index in [0.29, 0.717) is 58.3 Å².